The van der Waals surface area contributed by atoms with Crippen molar-refractivity contribution in [3.05, 3.63) is 0 Å². The number of hydrogen-bond acceptors (Lipinski definition) is 2. The van der Waals surface area contributed by atoms with Crippen LogP contribution in [-0.4, -0.2) is 31.6 Å². The van der Waals surface area contributed by atoms with E-state index in [0.717, 1.165) is 26.3 Å². The number of rotatable bonds is 1. The van der Waals surface area contributed by atoms with Gasteiger partial charge in [-0.2, -0.15) is 0 Å². The predicted molar refractivity (Wildman–Crippen MR) is 70.2 cm³/mol. The summed E-state index contributed by atoms with van der Waals surface area (Å²) < 4.78 is 6.73. The van der Waals surface area contributed by atoms with Crippen molar-refractivity contribution in [2.24, 2.45) is 0 Å². The third kappa shape index (κ3) is 3.37. The molecule has 1 saturated heterocycles. The van der Waals surface area contributed by atoms with Crippen molar-refractivity contribution in [1.29, 1.82) is 0 Å². The lowest BCUT2D eigenvalue weighted by atomic mass is 10.5. The van der Waals surface area contributed by atoms with Crippen molar-refractivity contribution in [2.45, 2.75) is 0 Å². The van der Waals surface area contributed by atoms with Crippen molar-refractivity contribution in [2.75, 3.05) is 26.3 Å². The van der Waals surface area contributed by atoms with Gasteiger partial charge in [0.05, 0.1) is 13.2 Å². The fraction of sp³-hybridized carbons (Fsp3) is 1.00. The topological polar surface area (TPSA) is 12.5 Å². The molecule has 0 saturated carbocycles. The molecule has 0 atom stereocenters. The van der Waals surface area contributed by atoms with Crippen molar-refractivity contribution in [3.63, 3.8) is 0 Å². The molecule has 1 aliphatic heterocycles. The summed E-state index contributed by atoms with van der Waals surface area (Å²) >= 11 is 7.74. The van der Waals surface area contributed by atoms with Gasteiger partial charge in [-0.15, -0.1) is 0 Å². The fourth-order valence-corrected chi connectivity index (χ4v) is 5.85. The molecule has 0 aliphatic carbocycles. The van der Waals surface area contributed by atoms with Gasteiger partial charge < -0.3 is 4.74 Å². The van der Waals surface area contributed by atoms with E-state index in [1.165, 1.54) is 0 Å². The fourth-order valence-electron chi connectivity index (χ4n) is 0.817. The van der Waals surface area contributed by atoms with Gasteiger partial charge in [0.25, 0.3) is 0 Å². The van der Waals surface area contributed by atoms with E-state index in [1.54, 1.807) is 0 Å². The number of morpholine rings is 1. The molecule has 0 radical (unpaired) electrons. The van der Waals surface area contributed by atoms with Crippen molar-refractivity contribution < 1.29 is 4.74 Å². The molecule has 0 bridgehead atoms. The van der Waals surface area contributed by atoms with Gasteiger partial charge in [-0.3, -0.25) is 4.57 Å². The highest BCUT2D eigenvalue weighted by Gasteiger charge is 2.32. The second kappa shape index (κ2) is 4.53. The highest BCUT2D eigenvalue weighted by Crippen LogP contribution is 2.33. The number of nitrogens with zero attached hydrogens (tertiary/aromatic N) is 1. The molecule has 6 heteroatoms. The smallest absolute Gasteiger partial charge is 0.329 e. The Balaban J connectivity index is 2.39. The van der Waals surface area contributed by atoms with Gasteiger partial charge in [-0.1, -0.05) is 65.4 Å². The molecule has 10 heavy (non-hydrogen) atoms. The van der Waals surface area contributed by atoms with Crippen LogP contribution >= 0.6 is 65.4 Å². The van der Waals surface area contributed by atoms with Crippen LogP contribution < -0.4 is 0 Å². The number of hydrogen-bond donors (Lipinski definition) is 0. The van der Waals surface area contributed by atoms with E-state index in [2.05, 4.69) is 70.0 Å². The lowest BCUT2D eigenvalue weighted by Crippen LogP contribution is -2.46. The molecule has 0 aromatic carbocycles. The van der Waals surface area contributed by atoms with Crippen LogP contribution in [0, 0.1) is 0 Å². The molecule has 1 rings (SSSR count). The lowest BCUT2D eigenvalue weighted by Gasteiger charge is -2.32. The summed E-state index contributed by atoms with van der Waals surface area (Å²) in [6.07, 6.45) is 0. The minimum absolute atomic E-state index is 0.920. The summed E-state index contributed by atoms with van der Waals surface area (Å²) in [6.45, 7) is 4.09. The highest BCUT2D eigenvalue weighted by molar-refractivity contribution is 14.4. The number of halogens is 3. The van der Waals surface area contributed by atoms with E-state index < -0.39 is 0.725 Å². The van der Waals surface area contributed by atoms with Gasteiger partial charge in [-0.25, -0.2) is 0 Å². The zero-order valence-corrected chi connectivity index (χ0v) is 12.8. The van der Waals surface area contributed by atoms with Gasteiger partial charge in [0.2, 0.25) is 0 Å². The summed E-state index contributed by atoms with van der Waals surface area (Å²) in [7, 11) is 0. The largest absolute Gasteiger partial charge is 0.379 e. The summed E-state index contributed by atoms with van der Waals surface area (Å²) in [6, 6.07) is 0. The second-order valence-corrected chi connectivity index (χ2v) is 36.3. The van der Waals surface area contributed by atoms with Gasteiger partial charge in [0.1, 0.15) is 0 Å². The van der Waals surface area contributed by atoms with Crippen LogP contribution in [0.15, 0.2) is 0 Å². The third-order valence-electron chi connectivity index (χ3n) is 1.37. The first-order valence-corrected chi connectivity index (χ1v) is 14.3. The first-order chi connectivity index (χ1) is 4.61. The Morgan fingerprint density at radius 1 is 1.10 bits per heavy atom. The van der Waals surface area contributed by atoms with Crippen LogP contribution in [0.5, 0.6) is 0 Å². The van der Waals surface area contributed by atoms with Gasteiger partial charge in [0.15, 0.2) is 0 Å². The van der Waals surface area contributed by atoms with Crippen LogP contribution in [-0.2, 0) is 4.74 Å². The Morgan fingerprint density at radius 2 is 1.60 bits per heavy atom. The maximum Gasteiger partial charge on any atom is 0.329 e. The van der Waals surface area contributed by atoms with Crippen molar-refractivity contribution >= 4 is 66.1 Å². The van der Waals surface area contributed by atoms with Gasteiger partial charge >= 0.3 is 0.725 Å². The number of ether oxygens (including phenoxy) is 1. The zero-order chi connectivity index (χ0) is 7.61. The molecule has 0 aromatic rings. The molecular weight excluding hydrogens is 487 g/mol. The lowest BCUT2D eigenvalue weighted by molar-refractivity contribution is 0.0732. The van der Waals surface area contributed by atoms with Crippen LogP contribution in [0.2, 0.25) is 0 Å². The minimum atomic E-state index is -1.09. The monoisotopic (exact) mass is 495 g/mol. The van der Waals surface area contributed by atoms with Gasteiger partial charge in [0, 0.05) is 13.1 Å². The quantitative estimate of drug-likeness (QED) is 0.314. The average molecular weight is 495 g/mol. The Hall–Kier alpha value is 2.33. The van der Waals surface area contributed by atoms with Crippen LogP contribution in [0.25, 0.3) is 0 Å². The van der Waals surface area contributed by atoms with E-state index in [4.69, 9.17) is 4.74 Å². The Morgan fingerprint density at radius 3 is 1.90 bits per heavy atom. The molecule has 1 aliphatic rings. The third-order valence-corrected chi connectivity index (χ3v) is 8.67. The van der Waals surface area contributed by atoms with Crippen LogP contribution in [0.3, 0.4) is 0 Å². The van der Waals surface area contributed by atoms with E-state index >= 15 is 0 Å². The molecule has 0 unspecified atom stereocenters. The summed E-state index contributed by atoms with van der Waals surface area (Å²) in [5, 5.41) is 0. The molecule has 0 amide bonds. The minimum Gasteiger partial charge on any atom is -0.379 e. The summed E-state index contributed by atoms with van der Waals surface area (Å²) in [5.74, 6) is 0. The van der Waals surface area contributed by atoms with Crippen LogP contribution in [0.4, 0.5) is 0 Å². The molecule has 0 N–H and O–H groups in total. The molecule has 0 aromatic heterocycles. The summed E-state index contributed by atoms with van der Waals surface area (Å²) in [4.78, 5) is 0. The van der Waals surface area contributed by atoms with E-state index in [1.807, 2.05) is 0 Å². The van der Waals surface area contributed by atoms with Gasteiger partial charge in [-0.05, 0) is 0 Å². The average Bonchev–Trinajstić information content (AvgIpc) is 1.88. The Labute approximate surface area is 100 Å². The van der Waals surface area contributed by atoms with Crippen molar-refractivity contribution in [1.82, 2.24) is 4.57 Å². The molecule has 1 fully saturated rings. The van der Waals surface area contributed by atoms with Crippen molar-refractivity contribution in [3.8, 4) is 0 Å². The SMILES string of the molecule is I[Si](I)(I)N1CCOCC1. The van der Waals surface area contributed by atoms with E-state index in [0.29, 0.717) is 0 Å². The first kappa shape index (κ1) is 10.4. The highest BCUT2D eigenvalue weighted by atomic mass is 127. The predicted octanol–water partition coefficient (Wildman–Crippen LogP) is 2.06. The molecule has 2 nitrogen and oxygen atoms in total. The van der Waals surface area contributed by atoms with E-state index in [9.17, 15) is 0 Å². The Bertz CT molecular complexity index is 112. The molecule has 60 valence electrons. The molecular formula is C4H8I3NOSi. The maximum atomic E-state index is 5.27. The Kier molecular flexibility index (Phi) is 4.72. The van der Waals surface area contributed by atoms with Crippen LogP contribution in [0.1, 0.15) is 0 Å². The molecule has 1 heterocycles. The standard InChI is InChI=1S/C4H8I3NOSi/c5-10(6,7)8-1-3-9-4-2-8/h1-4H2. The molecule has 0 spiro atoms. The maximum absolute atomic E-state index is 5.27. The zero-order valence-electron chi connectivity index (χ0n) is 5.32. The second-order valence-electron chi connectivity index (χ2n) is 2.07. The normalized spacial score (nSPS) is 23.1. The van der Waals surface area contributed by atoms with E-state index in [-0.39, 0.29) is 0 Å². The first-order valence-electron chi connectivity index (χ1n) is 3.00. The summed E-state index contributed by atoms with van der Waals surface area (Å²) in [5.41, 5.74) is 0.